The van der Waals surface area contributed by atoms with Crippen LogP contribution in [0.5, 0.6) is 11.5 Å². The first kappa shape index (κ1) is 15.3. The van der Waals surface area contributed by atoms with Gasteiger partial charge in [-0.25, -0.2) is 4.39 Å². The number of halogens is 3. The van der Waals surface area contributed by atoms with Crippen LogP contribution in [-0.4, -0.2) is 14.2 Å². The van der Waals surface area contributed by atoms with Crippen molar-refractivity contribution in [1.29, 1.82) is 0 Å². The van der Waals surface area contributed by atoms with Gasteiger partial charge in [0.15, 0.2) is 11.5 Å². The molecule has 1 unspecified atom stereocenters. The molecule has 2 aromatic carbocycles. The van der Waals surface area contributed by atoms with Crippen LogP contribution in [0.3, 0.4) is 0 Å². The second-order valence-corrected chi connectivity index (χ2v) is 5.91. The van der Waals surface area contributed by atoms with Crippen molar-refractivity contribution in [2.24, 2.45) is 0 Å². The minimum atomic E-state index is -0.271. The number of hydrogen-bond donors (Lipinski definition) is 0. The van der Waals surface area contributed by atoms with Gasteiger partial charge in [0.2, 0.25) is 0 Å². The predicted octanol–water partition coefficient (Wildman–Crippen LogP) is 5.09. The lowest BCUT2D eigenvalue weighted by molar-refractivity contribution is 0.354. The Hall–Kier alpha value is -1.07. The Morgan fingerprint density at radius 2 is 1.70 bits per heavy atom. The number of hydrogen-bond acceptors (Lipinski definition) is 2. The zero-order valence-corrected chi connectivity index (χ0v) is 14.2. The van der Waals surface area contributed by atoms with Crippen LogP contribution in [0, 0.1) is 5.82 Å². The highest BCUT2D eigenvalue weighted by Crippen LogP contribution is 2.39. The molecule has 2 nitrogen and oxygen atoms in total. The second kappa shape index (κ2) is 6.59. The van der Waals surface area contributed by atoms with Crippen LogP contribution >= 0.6 is 31.9 Å². The SMILES string of the molecule is COc1ccc(C(Br)c2ccc(F)cc2Br)cc1OC. The molecule has 0 aliphatic heterocycles. The van der Waals surface area contributed by atoms with Crippen molar-refractivity contribution in [3.8, 4) is 11.5 Å². The molecule has 20 heavy (non-hydrogen) atoms. The highest BCUT2D eigenvalue weighted by Gasteiger charge is 2.16. The fraction of sp³-hybridized carbons (Fsp3) is 0.200. The minimum absolute atomic E-state index is 0.0720. The first-order valence-corrected chi connectivity index (χ1v) is 7.58. The van der Waals surface area contributed by atoms with Crippen molar-refractivity contribution in [2.75, 3.05) is 14.2 Å². The molecule has 0 amide bonds. The van der Waals surface area contributed by atoms with Gasteiger partial charge in [-0.2, -0.15) is 0 Å². The van der Waals surface area contributed by atoms with Gasteiger partial charge >= 0.3 is 0 Å². The normalized spacial score (nSPS) is 12.1. The summed E-state index contributed by atoms with van der Waals surface area (Å²) >= 11 is 7.01. The van der Waals surface area contributed by atoms with Crippen LogP contribution in [0.4, 0.5) is 4.39 Å². The molecule has 0 fully saturated rings. The van der Waals surface area contributed by atoms with Crippen LogP contribution in [0.2, 0.25) is 0 Å². The zero-order valence-electron chi connectivity index (χ0n) is 11.0. The summed E-state index contributed by atoms with van der Waals surface area (Å²) < 4.78 is 24.4. The van der Waals surface area contributed by atoms with E-state index >= 15 is 0 Å². The summed E-state index contributed by atoms with van der Waals surface area (Å²) in [6.45, 7) is 0. The maximum absolute atomic E-state index is 13.1. The molecule has 0 heterocycles. The molecule has 0 spiro atoms. The van der Waals surface area contributed by atoms with E-state index in [0.717, 1.165) is 11.1 Å². The van der Waals surface area contributed by atoms with E-state index in [9.17, 15) is 4.39 Å². The molecule has 0 radical (unpaired) electrons. The smallest absolute Gasteiger partial charge is 0.161 e. The third-order valence-corrected chi connectivity index (χ3v) is 4.64. The van der Waals surface area contributed by atoms with Gasteiger partial charge in [0.1, 0.15) is 5.82 Å². The second-order valence-electron chi connectivity index (χ2n) is 4.14. The van der Waals surface area contributed by atoms with Gasteiger partial charge in [-0.05, 0) is 35.4 Å². The summed E-state index contributed by atoms with van der Waals surface area (Å²) in [5, 5.41) is 0. The fourth-order valence-electron chi connectivity index (χ4n) is 1.90. The Labute approximate surface area is 134 Å². The Morgan fingerprint density at radius 1 is 1.00 bits per heavy atom. The lowest BCUT2D eigenvalue weighted by Gasteiger charge is -2.15. The van der Waals surface area contributed by atoms with Crippen LogP contribution in [0.25, 0.3) is 0 Å². The van der Waals surface area contributed by atoms with Crippen molar-refractivity contribution in [1.82, 2.24) is 0 Å². The first-order valence-electron chi connectivity index (χ1n) is 5.87. The number of ether oxygens (including phenoxy) is 2. The van der Waals surface area contributed by atoms with E-state index in [0.29, 0.717) is 16.0 Å². The van der Waals surface area contributed by atoms with E-state index in [-0.39, 0.29) is 10.6 Å². The van der Waals surface area contributed by atoms with E-state index in [2.05, 4.69) is 31.9 Å². The number of alkyl halides is 1. The Kier molecular flexibility index (Phi) is 5.05. The molecule has 5 heteroatoms. The summed E-state index contributed by atoms with van der Waals surface area (Å²) in [4.78, 5) is -0.0720. The van der Waals surface area contributed by atoms with Crippen molar-refractivity contribution < 1.29 is 13.9 Å². The Bertz CT molecular complexity index is 617. The van der Waals surface area contributed by atoms with Gasteiger partial charge in [-0.3, -0.25) is 0 Å². The first-order chi connectivity index (χ1) is 9.56. The third kappa shape index (κ3) is 3.15. The van der Waals surface area contributed by atoms with Crippen LogP contribution < -0.4 is 9.47 Å². The maximum atomic E-state index is 13.1. The summed E-state index contributed by atoms with van der Waals surface area (Å²) in [6.07, 6.45) is 0. The number of rotatable bonds is 4. The average molecular weight is 404 g/mol. The van der Waals surface area contributed by atoms with Gasteiger partial charge in [-0.1, -0.05) is 44.0 Å². The van der Waals surface area contributed by atoms with Gasteiger partial charge in [-0.15, -0.1) is 0 Å². The molecule has 2 rings (SSSR count). The summed E-state index contributed by atoms with van der Waals surface area (Å²) in [5.74, 6) is 1.06. The third-order valence-electron chi connectivity index (χ3n) is 2.94. The molecule has 0 N–H and O–H groups in total. The van der Waals surface area contributed by atoms with E-state index in [1.54, 1.807) is 20.3 Å². The molecule has 0 aliphatic rings. The summed E-state index contributed by atoms with van der Waals surface area (Å²) in [5.41, 5.74) is 1.94. The molecule has 2 aromatic rings. The van der Waals surface area contributed by atoms with Gasteiger partial charge in [0, 0.05) is 4.47 Å². The molecule has 1 atom stereocenters. The van der Waals surface area contributed by atoms with Gasteiger partial charge < -0.3 is 9.47 Å². The highest BCUT2D eigenvalue weighted by molar-refractivity contribution is 9.11. The topological polar surface area (TPSA) is 18.5 Å². The fourth-order valence-corrected chi connectivity index (χ4v) is 3.47. The van der Waals surface area contributed by atoms with E-state index in [1.165, 1.54) is 12.1 Å². The minimum Gasteiger partial charge on any atom is -0.493 e. The standard InChI is InChI=1S/C15H13Br2FO2/c1-19-13-6-3-9(7-14(13)20-2)15(17)11-5-4-10(18)8-12(11)16/h3-8,15H,1-2H3. The monoisotopic (exact) mass is 402 g/mol. The molecular formula is C15H13Br2FO2. The van der Waals surface area contributed by atoms with Crippen LogP contribution in [-0.2, 0) is 0 Å². The molecule has 0 saturated carbocycles. The predicted molar refractivity (Wildman–Crippen MR) is 84.4 cm³/mol. The summed E-state index contributed by atoms with van der Waals surface area (Å²) in [6, 6.07) is 10.3. The molecular weight excluding hydrogens is 391 g/mol. The number of methoxy groups -OCH3 is 2. The maximum Gasteiger partial charge on any atom is 0.161 e. The largest absolute Gasteiger partial charge is 0.493 e. The molecule has 0 saturated heterocycles. The quantitative estimate of drug-likeness (QED) is 0.662. The van der Waals surface area contributed by atoms with Crippen LogP contribution in [0.1, 0.15) is 16.0 Å². The molecule has 0 aromatic heterocycles. The lowest BCUT2D eigenvalue weighted by atomic mass is 10.0. The van der Waals surface area contributed by atoms with E-state index in [1.807, 2.05) is 18.2 Å². The number of benzene rings is 2. The molecule has 0 bridgehead atoms. The zero-order chi connectivity index (χ0) is 14.7. The Morgan fingerprint density at radius 3 is 2.30 bits per heavy atom. The van der Waals surface area contributed by atoms with Crippen molar-refractivity contribution in [3.05, 3.63) is 57.8 Å². The van der Waals surface area contributed by atoms with Crippen molar-refractivity contribution >= 4 is 31.9 Å². The highest BCUT2D eigenvalue weighted by atomic mass is 79.9. The molecule has 0 aliphatic carbocycles. The summed E-state index contributed by atoms with van der Waals surface area (Å²) in [7, 11) is 3.19. The van der Waals surface area contributed by atoms with E-state index in [4.69, 9.17) is 9.47 Å². The Balaban J connectivity index is 2.40. The van der Waals surface area contributed by atoms with Crippen molar-refractivity contribution in [2.45, 2.75) is 4.83 Å². The van der Waals surface area contributed by atoms with Crippen LogP contribution in [0.15, 0.2) is 40.9 Å². The van der Waals surface area contributed by atoms with Crippen molar-refractivity contribution in [3.63, 3.8) is 0 Å². The van der Waals surface area contributed by atoms with E-state index < -0.39 is 0 Å². The molecule has 106 valence electrons. The van der Waals surface area contributed by atoms with Gasteiger partial charge in [0.25, 0.3) is 0 Å². The lowest BCUT2D eigenvalue weighted by Crippen LogP contribution is -1.97. The van der Waals surface area contributed by atoms with Gasteiger partial charge in [0.05, 0.1) is 19.0 Å². The average Bonchev–Trinajstić information content (AvgIpc) is 2.45.